The van der Waals surface area contributed by atoms with Crippen LogP contribution in [0, 0.1) is 15.4 Å². The molecule has 0 spiro atoms. The summed E-state index contributed by atoms with van der Waals surface area (Å²) >= 11 is 2.36. The van der Waals surface area contributed by atoms with Crippen LogP contribution in [0.1, 0.15) is 38.2 Å². The number of hydrogen-bond acceptors (Lipinski definition) is 1. The highest BCUT2D eigenvalue weighted by atomic mass is 127. The lowest BCUT2D eigenvalue weighted by Crippen LogP contribution is -2.37. The first-order valence-corrected chi connectivity index (χ1v) is 7.77. The normalized spacial score (nSPS) is 29.2. The summed E-state index contributed by atoms with van der Waals surface area (Å²) < 4.78 is 1.31. The van der Waals surface area contributed by atoms with Gasteiger partial charge in [-0.2, -0.15) is 0 Å². The lowest BCUT2D eigenvalue weighted by atomic mass is 9.75. The molecule has 3 atom stereocenters. The van der Waals surface area contributed by atoms with E-state index in [9.17, 15) is 0 Å². The van der Waals surface area contributed by atoms with Gasteiger partial charge in [-0.15, -0.1) is 0 Å². The van der Waals surface area contributed by atoms with Gasteiger partial charge in [0.1, 0.15) is 0 Å². The molecule has 3 unspecified atom stereocenters. The second kappa shape index (κ2) is 6.19. The van der Waals surface area contributed by atoms with Gasteiger partial charge in [-0.3, -0.25) is 0 Å². The zero-order valence-electron chi connectivity index (χ0n) is 10.5. The number of rotatable bonds is 3. The molecule has 0 amide bonds. The van der Waals surface area contributed by atoms with Gasteiger partial charge in [0.25, 0.3) is 0 Å². The highest BCUT2D eigenvalue weighted by molar-refractivity contribution is 14.1. The Kier molecular flexibility index (Phi) is 4.86. The third kappa shape index (κ3) is 3.68. The molecule has 1 nitrogen and oxygen atoms in total. The maximum atomic E-state index is 6.27. The van der Waals surface area contributed by atoms with Gasteiger partial charge in [0, 0.05) is 9.61 Å². The molecule has 94 valence electrons. The monoisotopic (exact) mass is 343 g/mol. The predicted molar refractivity (Wildman–Crippen MR) is 82.0 cm³/mol. The van der Waals surface area contributed by atoms with Gasteiger partial charge in [-0.25, -0.2) is 0 Å². The fourth-order valence-electron chi connectivity index (χ4n) is 2.91. The van der Waals surface area contributed by atoms with E-state index in [0.717, 1.165) is 12.3 Å². The Hall–Kier alpha value is -0.0900. The van der Waals surface area contributed by atoms with Gasteiger partial charge in [0.2, 0.25) is 0 Å². The molecule has 2 heteroatoms. The van der Waals surface area contributed by atoms with E-state index in [1.54, 1.807) is 0 Å². The van der Waals surface area contributed by atoms with Crippen LogP contribution in [0.15, 0.2) is 24.3 Å². The molecule has 17 heavy (non-hydrogen) atoms. The molecule has 2 rings (SSSR count). The Morgan fingerprint density at radius 1 is 1.24 bits per heavy atom. The summed E-state index contributed by atoms with van der Waals surface area (Å²) in [4.78, 5) is 0. The van der Waals surface area contributed by atoms with Crippen molar-refractivity contribution in [2.45, 2.75) is 45.1 Å². The molecule has 0 radical (unpaired) electrons. The predicted octanol–water partition coefficient (Wildman–Crippen LogP) is 3.99. The summed E-state index contributed by atoms with van der Waals surface area (Å²) in [5.41, 5.74) is 7.72. The molecule has 1 fully saturated rings. The Labute approximate surface area is 118 Å². The van der Waals surface area contributed by atoms with Crippen molar-refractivity contribution in [3.63, 3.8) is 0 Å². The van der Waals surface area contributed by atoms with Crippen LogP contribution in [-0.2, 0) is 6.42 Å². The first kappa shape index (κ1) is 13.3. The van der Waals surface area contributed by atoms with Gasteiger partial charge in [-0.05, 0) is 77.8 Å². The van der Waals surface area contributed by atoms with Crippen molar-refractivity contribution in [3.8, 4) is 0 Å². The van der Waals surface area contributed by atoms with E-state index in [-0.39, 0.29) is 0 Å². The minimum Gasteiger partial charge on any atom is -0.327 e. The van der Waals surface area contributed by atoms with E-state index >= 15 is 0 Å². The minimum absolute atomic E-state index is 0.414. The quantitative estimate of drug-likeness (QED) is 0.826. The van der Waals surface area contributed by atoms with E-state index in [4.69, 9.17) is 5.73 Å². The Balaban J connectivity index is 1.98. The summed E-state index contributed by atoms with van der Waals surface area (Å²) in [6, 6.07) is 9.31. The summed E-state index contributed by atoms with van der Waals surface area (Å²) in [6.45, 7) is 2.31. The number of nitrogens with two attached hydrogens (primary N) is 1. The van der Waals surface area contributed by atoms with E-state index in [0.29, 0.717) is 12.0 Å². The summed E-state index contributed by atoms with van der Waals surface area (Å²) in [7, 11) is 0. The van der Waals surface area contributed by atoms with Gasteiger partial charge >= 0.3 is 0 Å². The average Bonchev–Trinajstić information content (AvgIpc) is 2.35. The van der Waals surface area contributed by atoms with Crippen LogP contribution in [0.3, 0.4) is 0 Å². The van der Waals surface area contributed by atoms with Crippen molar-refractivity contribution < 1.29 is 0 Å². The van der Waals surface area contributed by atoms with Crippen molar-refractivity contribution in [1.82, 2.24) is 0 Å². The molecular formula is C15H22IN. The van der Waals surface area contributed by atoms with Crippen molar-refractivity contribution in [1.29, 1.82) is 0 Å². The molecule has 0 aliphatic heterocycles. The Morgan fingerprint density at radius 2 is 1.94 bits per heavy atom. The van der Waals surface area contributed by atoms with Crippen LogP contribution in [0.25, 0.3) is 0 Å². The SMILES string of the molecule is CCC1CCC(N)C(Cc2ccc(I)cc2)C1. The third-order valence-electron chi connectivity index (χ3n) is 4.14. The second-order valence-electron chi connectivity index (χ2n) is 5.34. The summed E-state index contributed by atoms with van der Waals surface area (Å²) in [5.74, 6) is 1.59. The second-order valence-corrected chi connectivity index (χ2v) is 6.59. The fraction of sp³-hybridized carbons (Fsp3) is 0.600. The first-order valence-electron chi connectivity index (χ1n) is 6.69. The van der Waals surface area contributed by atoms with Crippen molar-refractivity contribution in [2.75, 3.05) is 0 Å². The lowest BCUT2D eigenvalue weighted by molar-refractivity contribution is 0.227. The first-order chi connectivity index (χ1) is 8.19. The van der Waals surface area contributed by atoms with E-state index in [1.165, 1.54) is 34.8 Å². The fourth-order valence-corrected chi connectivity index (χ4v) is 3.27. The standard InChI is InChI=1S/C15H22IN/c1-2-11-5-8-15(17)13(9-11)10-12-3-6-14(16)7-4-12/h3-4,6-7,11,13,15H,2,5,8-10,17H2,1H3. The smallest absolute Gasteiger partial charge is 0.0130 e. The molecule has 1 saturated carbocycles. The highest BCUT2D eigenvalue weighted by Crippen LogP contribution is 2.32. The van der Waals surface area contributed by atoms with E-state index in [2.05, 4.69) is 53.8 Å². The van der Waals surface area contributed by atoms with Crippen LogP contribution in [0.5, 0.6) is 0 Å². The maximum absolute atomic E-state index is 6.27. The average molecular weight is 343 g/mol. The van der Waals surface area contributed by atoms with Gasteiger partial charge in [-0.1, -0.05) is 25.5 Å². The zero-order valence-corrected chi connectivity index (χ0v) is 12.7. The molecule has 2 N–H and O–H groups in total. The molecule has 0 aromatic heterocycles. The maximum Gasteiger partial charge on any atom is 0.0130 e. The molecule has 0 bridgehead atoms. The Bertz CT molecular complexity index is 346. The van der Waals surface area contributed by atoms with Crippen molar-refractivity contribution >= 4 is 22.6 Å². The molecule has 0 saturated heterocycles. The summed E-state index contributed by atoms with van der Waals surface area (Å²) in [5, 5.41) is 0. The van der Waals surface area contributed by atoms with Gasteiger partial charge in [0.15, 0.2) is 0 Å². The topological polar surface area (TPSA) is 26.0 Å². The number of benzene rings is 1. The van der Waals surface area contributed by atoms with Crippen molar-refractivity contribution in [2.24, 2.45) is 17.6 Å². The number of hydrogen-bond donors (Lipinski definition) is 1. The largest absolute Gasteiger partial charge is 0.327 e. The highest BCUT2D eigenvalue weighted by Gasteiger charge is 2.27. The van der Waals surface area contributed by atoms with E-state index in [1.807, 2.05) is 0 Å². The minimum atomic E-state index is 0.414. The zero-order chi connectivity index (χ0) is 12.3. The number of halogens is 1. The molecule has 1 aromatic carbocycles. The lowest BCUT2D eigenvalue weighted by Gasteiger charge is -2.34. The van der Waals surface area contributed by atoms with Gasteiger partial charge < -0.3 is 5.73 Å². The molecular weight excluding hydrogens is 321 g/mol. The van der Waals surface area contributed by atoms with Gasteiger partial charge in [0.05, 0.1) is 0 Å². The summed E-state index contributed by atoms with van der Waals surface area (Å²) in [6.07, 6.45) is 6.35. The molecule has 1 aliphatic rings. The molecule has 1 aromatic rings. The van der Waals surface area contributed by atoms with Crippen LogP contribution >= 0.6 is 22.6 Å². The Morgan fingerprint density at radius 3 is 2.59 bits per heavy atom. The van der Waals surface area contributed by atoms with Crippen LogP contribution in [0.2, 0.25) is 0 Å². The van der Waals surface area contributed by atoms with Crippen LogP contribution in [-0.4, -0.2) is 6.04 Å². The van der Waals surface area contributed by atoms with E-state index < -0.39 is 0 Å². The molecule has 0 heterocycles. The van der Waals surface area contributed by atoms with Crippen molar-refractivity contribution in [3.05, 3.63) is 33.4 Å². The molecule has 1 aliphatic carbocycles. The third-order valence-corrected chi connectivity index (χ3v) is 4.86. The van der Waals surface area contributed by atoms with Crippen LogP contribution in [0.4, 0.5) is 0 Å². The van der Waals surface area contributed by atoms with Crippen LogP contribution < -0.4 is 5.73 Å².